The summed E-state index contributed by atoms with van der Waals surface area (Å²) in [5.74, 6) is 1.61. The van der Waals surface area contributed by atoms with Crippen LogP contribution in [0.4, 0.5) is 17.1 Å². The number of rotatable bonds is 4. The van der Waals surface area contributed by atoms with Gasteiger partial charge in [0, 0.05) is 22.4 Å². The number of fused-ring (bicyclic) bond motifs is 9. The van der Waals surface area contributed by atoms with E-state index < -0.39 is 0 Å². The van der Waals surface area contributed by atoms with Gasteiger partial charge in [-0.2, -0.15) is 0 Å². The van der Waals surface area contributed by atoms with Crippen molar-refractivity contribution in [3.05, 3.63) is 151 Å². The first-order valence-electron chi connectivity index (χ1n) is 15.5. The van der Waals surface area contributed by atoms with Crippen LogP contribution < -0.4 is 4.90 Å². The van der Waals surface area contributed by atoms with Gasteiger partial charge in [0.05, 0.1) is 5.69 Å². The Balaban J connectivity index is 1.25. The van der Waals surface area contributed by atoms with Gasteiger partial charge < -0.3 is 4.90 Å². The van der Waals surface area contributed by atoms with Crippen molar-refractivity contribution in [1.82, 2.24) is 0 Å². The van der Waals surface area contributed by atoms with Crippen molar-refractivity contribution in [3.63, 3.8) is 0 Å². The predicted molar refractivity (Wildman–Crippen MR) is 176 cm³/mol. The van der Waals surface area contributed by atoms with Gasteiger partial charge in [0.15, 0.2) is 0 Å². The van der Waals surface area contributed by atoms with Crippen molar-refractivity contribution in [2.75, 3.05) is 4.90 Å². The molecular weight excluding hydrogens is 506 g/mol. The van der Waals surface area contributed by atoms with Crippen LogP contribution >= 0.6 is 0 Å². The second-order valence-electron chi connectivity index (χ2n) is 12.6. The summed E-state index contributed by atoms with van der Waals surface area (Å²) in [7, 11) is 0. The van der Waals surface area contributed by atoms with Crippen LogP contribution in [0, 0.1) is 11.8 Å². The number of para-hydroxylation sites is 1. The lowest BCUT2D eigenvalue weighted by Crippen LogP contribution is -2.31. The van der Waals surface area contributed by atoms with Crippen LogP contribution in [0.15, 0.2) is 140 Å². The van der Waals surface area contributed by atoms with Crippen LogP contribution in [0.3, 0.4) is 0 Å². The smallest absolute Gasteiger partial charge is 0.0543 e. The van der Waals surface area contributed by atoms with E-state index in [1.165, 1.54) is 75.8 Å². The van der Waals surface area contributed by atoms with Crippen molar-refractivity contribution in [2.45, 2.75) is 31.1 Å². The minimum atomic E-state index is 0.167. The summed E-state index contributed by atoms with van der Waals surface area (Å²) >= 11 is 0. The van der Waals surface area contributed by atoms with Crippen molar-refractivity contribution in [1.29, 1.82) is 0 Å². The first-order chi connectivity index (χ1) is 20.8. The molecule has 2 bridgehead atoms. The summed E-state index contributed by atoms with van der Waals surface area (Å²) in [6.45, 7) is 0. The van der Waals surface area contributed by atoms with Crippen molar-refractivity contribution in [3.8, 4) is 22.3 Å². The fraction of sp³-hybridized carbons (Fsp3) is 0.171. The van der Waals surface area contributed by atoms with Gasteiger partial charge >= 0.3 is 0 Å². The van der Waals surface area contributed by atoms with Gasteiger partial charge in [0.1, 0.15) is 0 Å². The monoisotopic (exact) mass is 539 g/mol. The van der Waals surface area contributed by atoms with Gasteiger partial charge in [-0.3, -0.25) is 0 Å². The van der Waals surface area contributed by atoms with Crippen LogP contribution in [0.1, 0.15) is 36.8 Å². The third-order valence-corrected chi connectivity index (χ3v) is 10.5. The molecule has 42 heavy (non-hydrogen) atoms. The van der Waals surface area contributed by atoms with E-state index in [0.717, 1.165) is 11.8 Å². The molecule has 2 fully saturated rings. The number of benzene rings is 6. The molecule has 9 rings (SSSR count). The highest BCUT2D eigenvalue weighted by atomic mass is 15.1. The third kappa shape index (κ3) is 3.43. The second-order valence-corrected chi connectivity index (χ2v) is 12.6. The quantitative estimate of drug-likeness (QED) is 0.215. The molecule has 0 radical (unpaired) electrons. The van der Waals surface area contributed by atoms with Gasteiger partial charge in [-0.1, -0.05) is 110 Å². The molecule has 3 aliphatic carbocycles. The largest absolute Gasteiger partial charge is 0.310 e. The van der Waals surface area contributed by atoms with Crippen LogP contribution in [0.2, 0.25) is 0 Å². The normalized spacial score (nSPS) is 21.5. The fourth-order valence-corrected chi connectivity index (χ4v) is 8.80. The average Bonchev–Trinajstić information content (AvgIpc) is 3.75. The second kappa shape index (κ2) is 9.19. The molecule has 2 saturated carbocycles. The zero-order chi connectivity index (χ0) is 27.7. The highest BCUT2D eigenvalue weighted by Crippen LogP contribution is 2.67. The maximum atomic E-state index is 2.49. The number of anilines is 3. The van der Waals surface area contributed by atoms with Crippen LogP contribution in [0.5, 0.6) is 0 Å². The molecule has 1 heteroatoms. The Morgan fingerprint density at radius 2 is 1.29 bits per heavy atom. The summed E-state index contributed by atoms with van der Waals surface area (Å²) in [5.41, 5.74) is 12.3. The lowest BCUT2D eigenvalue weighted by Gasteiger charge is -2.37. The summed E-state index contributed by atoms with van der Waals surface area (Å²) in [6.07, 6.45) is 5.45. The maximum Gasteiger partial charge on any atom is 0.0543 e. The van der Waals surface area contributed by atoms with Crippen molar-refractivity contribution in [2.24, 2.45) is 11.8 Å². The molecular formula is C41H33N. The number of hydrogen-bond donors (Lipinski definition) is 0. The van der Waals surface area contributed by atoms with E-state index in [1.54, 1.807) is 11.1 Å². The van der Waals surface area contributed by atoms with Crippen molar-refractivity contribution < 1.29 is 0 Å². The van der Waals surface area contributed by atoms with Gasteiger partial charge in [-0.05, 0) is 106 Å². The SMILES string of the molecule is c1ccc(N(c2cccc(-c3ccc4ccccc4c3)c2)c2cccc3c2-c2ccccc2C32CC3CCC2C3)cc1. The van der Waals surface area contributed by atoms with E-state index in [-0.39, 0.29) is 5.41 Å². The van der Waals surface area contributed by atoms with Crippen molar-refractivity contribution >= 4 is 27.8 Å². The minimum absolute atomic E-state index is 0.167. The molecule has 0 saturated heterocycles. The molecule has 0 aliphatic heterocycles. The van der Waals surface area contributed by atoms with E-state index in [4.69, 9.17) is 0 Å². The summed E-state index contributed by atoms with van der Waals surface area (Å²) in [6, 6.07) is 51.9. The molecule has 3 unspecified atom stereocenters. The predicted octanol–water partition coefficient (Wildman–Crippen LogP) is 11.1. The molecule has 0 amide bonds. The molecule has 202 valence electrons. The first-order valence-corrected chi connectivity index (χ1v) is 15.5. The van der Waals surface area contributed by atoms with E-state index in [2.05, 4.69) is 144 Å². The zero-order valence-electron chi connectivity index (χ0n) is 23.7. The molecule has 3 atom stereocenters. The Bertz CT molecular complexity index is 1970. The van der Waals surface area contributed by atoms with Gasteiger partial charge in [-0.25, -0.2) is 0 Å². The Labute approximate surface area is 248 Å². The highest BCUT2D eigenvalue weighted by molar-refractivity contribution is 5.96. The topological polar surface area (TPSA) is 3.24 Å². The molecule has 3 aliphatic rings. The van der Waals surface area contributed by atoms with E-state index in [1.807, 2.05) is 0 Å². The van der Waals surface area contributed by atoms with Crippen LogP contribution in [-0.2, 0) is 5.41 Å². The molecule has 6 aromatic rings. The van der Waals surface area contributed by atoms with Gasteiger partial charge in [0.2, 0.25) is 0 Å². The Morgan fingerprint density at radius 3 is 2.14 bits per heavy atom. The molecule has 0 aromatic heterocycles. The summed E-state index contributed by atoms with van der Waals surface area (Å²) < 4.78 is 0. The number of hydrogen-bond acceptors (Lipinski definition) is 1. The van der Waals surface area contributed by atoms with Crippen LogP contribution in [0.25, 0.3) is 33.0 Å². The Morgan fingerprint density at radius 1 is 0.548 bits per heavy atom. The average molecular weight is 540 g/mol. The summed E-state index contributed by atoms with van der Waals surface area (Å²) in [4.78, 5) is 2.49. The van der Waals surface area contributed by atoms with E-state index in [9.17, 15) is 0 Å². The highest BCUT2D eigenvalue weighted by Gasteiger charge is 2.57. The summed E-state index contributed by atoms with van der Waals surface area (Å²) in [5, 5.41) is 2.55. The molecule has 6 aromatic carbocycles. The molecule has 0 N–H and O–H groups in total. The van der Waals surface area contributed by atoms with E-state index in [0.29, 0.717) is 0 Å². The lowest BCUT2D eigenvalue weighted by molar-refractivity contribution is 0.327. The Kier molecular flexibility index (Phi) is 5.26. The molecule has 1 nitrogen and oxygen atoms in total. The molecule has 0 heterocycles. The third-order valence-electron chi connectivity index (χ3n) is 10.5. The minimum Gasteiger partial charge on any atom is -0.310 e. The van der Waals surface area contributed by atoms with Gasteiger partial charge in [-0.15, -0.1) is 0 Å². The standard InChI is InChI=1S/C41H33N/c1-2-13-34(14-3-1)42(35-15-8-12-31(26-35)32-22-21-29-10-4-5-11-30(29)25-32)39-19-9-18-38-40(39)36-16-6-7-17-37(36)41(38)27-28-20-23-33(41)24-28/h1-19,21-22,25-26,28,33H,20,23-24,27H2. The lowest BCUT2D eigenvalue weighted by atomic mass is 9.67. The maximum absolute atomic E-state index is 2.49. The Hall–Kier alpha value is -4.62. The van der Waals surface area contributed by atoms with Crippen LogP contribution in [-0.4, -0.2) is 0 Å². The first kappa shape index (κ1) is 24.0. The van der Waals surface area contributed by atoms with Gasteiger partial charge in [0.25, 0.3) is 0 Å². The number of nitrogens with zero attached hydrogens (tertiary/aromatic N) is 1. The molecule has 1 spiro atoms. The zero-order valence-corrected chi connectivity index (χ0v) is 23.7. The van der Waals surface area contributed by atoms with E-state index >= 15 is 0 Å². The fourth-order valence-electron chi connectivity index (χ4n) is 8.80.